The summed E-state index contributed by atoms with van der Waals surface area (Å²) in [5.41, 5.74) is 5.46. The van der Waals surface area contributed by atoms with Crippen LogP contribution in [0.5, 0.6) is 0 Å². The second-order valence-corrected chi connectivity index (χ2v) is 4.32. The molecule has 0 spiro atoms. The lowest BCUT2D eigenvalue weighted by molar-refractivity contribution is -0.209. The van der Waals surface area contributed by atoms with Crippen molar-refractivity contribution in [3.05, 3.63) is 33.8 Å². The molecule has 0 aliphatic heterocycles. The number of halogens is 5. The molecule has 0 saturated carbocycles. The number of hydrogen-bond donors (Lipinski definition) is 2. The van der Waals surface area contributed by atoms with Gasteiger partial charge >= 0.3 is 6.18 Å². The quantitative estimate of drug-likeness (QED) is 0.898. The molecule has 0 aliphatic carbocycles. The fraction of sp³-hybridized carbons (Fsp3) is 0.400. The van der Waals surface area contributed by atoms with Crippen LogP contribution in [0.1, 0.15) is 11.5 Å². The summed E-state index contributed by atoms with van der Waals surface area (Å²) in [6.07, 6.45) is -7.25. The lowest BCUT2D eigenvalue weighted by Crippen LogP contribution is -2.38. The smallest absolute Gasteiger partial charge is 0.383 e. The van der Waals surface area contributed by atoms with Gasteiger partial charge in [-0.3, -0.25) is 0 Å². The fourth-order valence-corrected chi connectivity index (χ4v) is 1.72. The molecule has 1 rings (SSSR count). The first-order valence-electron chi connectivity index (χ1n) is 4.67. The zero-order valence-electron chi connectivity index (χ0n) is 8.51. The minimum Gasteiger partial charge on any atom is -0.383 e. The van der Waals surface area contributed by atoms with Gasteiger partial charge in [-0.1, -0.05) is 29.3 Å². The molecule has 0 bridgehead atoms. The van der Waals surface area contributed by atoms with Gasteiger partial charge in [-0.05, 0) is 17.7 Å². The Labute approximate surface area is 106 Å². The molecule has 0 fully saturated rings. The van der Waals surface area contributed by atoms with Crippen molar-refractivity contribution in [2.75, 3.05) is 6.54 Å². The highest BCUT2D eigenvalue weighted by molar-refractivity contribution is 6.42. The van der Waals surface area contributed by atoms with Crippen molar-refractivity contribution in [1.29, 1.82) is 0 Å². The summed E-state index contributed by atoms with van der Waals surface area (Å²) in [6.45, 7) is -0.349. The number of alkyl halides is 3. The van der Waals surface area contributed by atoms with Gasteiger partial charge in [-0.25, -0.2) is 0 Å². The summed E-state index contributed by atoms with van der Waals surface area (Å²) in [5.74, 6) is -1.26. The van der Waals surface area contributed by atoms with Crippen molar-refractivity contribution in [3.8, 4) is 0 Å². The molecular formula is C10H10Cl2F3NO. The number of nitrogens with two attached hydrogens (primary N) is 1. The van der Waals surface area contributed by atoms with Crippen LogP contribution in [0, 0.1) is 0 Å². The van der Waals surface area contributed by atoms with E-state index in [1.807, 2.05) is 0 Å². The first kappa shape index (κ1) is 14.6. The van der Waals surface area contributed by atoms with Gasteiger partial charge in [0.1, 0.15) is 0 Å². The van der Waals surface area contributed by atoms with Crippen LogP contribution in [-0.4, -0.2) is 23.9 Å². The lowest BCUT2D eigenvalue weighted by Gasteiger charge is -2.24. The third kappa shape index (κ3) is 3.48. The molecule has 0 radical (unpaired) electrons. The number of aliphatic hydroxyl groups excluding tert-OH is 1. The van der Waals surface area contributed by atoms with Gasteiger partial charge < -0.3 is 10.8 Å². The van der Waals surface area contributed by atoms with Crippen molar-refractivity contribution < 1.29 is 18.3 Å². The molecule has 0 heterocycles. The van der Waals surface area contributed by atoms with Crippen LogP contribution in [0.4, 0.5) is 13.2 Å². The second-order valence-electron chi connectivity index (χ2n) is 3.50. The molecule has 96 valence electrons. The number of rotatable bonds is 3. The Hall–Kier alpha value is -0.490. The van der Waals surface area contributed by atoms with Crippen LogP contribution in [-0.2, 0) is 0 Å². The van der Waals surface area contributed by atoms with Gasteiger partial charge in [-0.15, -0.1) is 0 Å². The van der Waals surface area contributed by atoms with Gasteiger partial charge in [0.2, 0.25) is 0 Å². The van der Waals surface area contributed by atoms with Crippen molar-refractivity contribution in [2.24, 2.45) is 5.73 Å². The maximum absolute atomic E-state index is 12.4. The van der Waals surface area contributed by atoms with Crippen LogP contribution in [0.2, 0.25) is 10.0 Å². The maximum Gasteiger partial charge on any atom is 0.414 e. The second kappa shape index (κ2) is 5.44. The first-order chi connectivity index (χ1) is 7.77. The Kier molecular flexibility index (Phi) is 4.66. The van der Waals surface area contributed by atoms with Gasteiger partial charge in [-0.2, -0.15) is 13.2 Å². The zero-order valence-corrected chi connectivity index (χ0v) is 10.0. The molecule has 0 saturated heterocycles. The summed E-state index contributed by atoms with van der Waals surface area (Å²) >= 11 is 11.3. The first-order valence-corrected chi connectivity index (χ1v) is 5.42. The summed E-state index contributed by atoms with van der Waals surface area (Å²) in [4.78, 5) is 0. The standard InChI is InChI=1S/C10H10Cl2F3NO/c11-7-2-1-5(3-8(7)12)6(4-16)9(17)10(13,14)15/h1-3,6,9,17H,4,16H2. The minimum atomic E-state index is -4.73. The normalized spacial score (nSPS) is 15.7. The summed E-state index contributed by atoms with van der Waals surface area (Å²) in [7, 11) is 0. The highest BCUT2D eigenvalue weighted by Gasteiger charge is 2.43. The van der Waals surface area contributed by atoms with E-state index in [1.165, 1.54) is 18.2 Å². The SMILES string of the molecule is NCC(c1ccc(Cl)c(Cl)c1)C(O)C(F)(F)F. The van der Waals surface area contributed by atoms with Gasteiger partial charge in [0.05, 0.1) is 10.0 Å². The Bertz CT molecular complexity index is 398. The molecule has 2 atom stereocenters. The van der Waals surface area contributed by atoms with Gasteiger partial charge in [0.25, 0.3) is 0 Å². The van der Waals surface area contributed by atoms with Crippen molar-refractivity contribution >= 4 is 23.2 Å². The average Bonchev–Trinajstić information content (AvgIpc) is 2.23. The monoisotopic (exact) mass is 287 g/mol. The molecule has 0 aromatic heterocycles. The van der Waals surface area contributed by atoms with Gasteiger partial charge in [0, 0.05) is 12.5 Å². The van der Waals surface area contributed by atoms with Crippen LogP contribution in [0.25, 0.3) is 0 Å². The average molecular weight is 288 g/mol. The maximum atomic E-state index is 12.4. The van der Waals surface area contributed by atoms with E-state index >= 15 is 0 Å². The molecule has 7 heteroatoms. The van der Waals surface area contributed by atoms with Crippen LogP contribution in [0.15, 0.2) is 18.2 Å². The predicted molar refractivity (Wildman–Crippen MR) is 60.3 cm³/mol. The van der Waals surface area contributed by atoms with E-state index in [2.05, 4.69) is 0 Å². The molecule has 17 heavy (non-hydrogen) atoms. The van der Waals surface area contributed by atoms with E-state index in [9.17, 15) is 18.3 Å². The Morgan fingerprint density at radius 1 is 1.24 bits per heavy atom. The molecule has 3 N–H and O–H groups in total. The molecule has 1 aromatic rings. The van der Waals surface area contributed by atoms with E-state index in [-0.39, 0.29) is 22.2 Å². The largest absolute Gasteiger partial charge is 0.414 e. The van der Waals surface area contributed by atoms with Crippen molar-refractivity contribution in [3.63, 3.8) is 0 Å². The summed E-state index contributed by atoms with van der Waals surface area (Å²) in [6, 6.07) is 4.00. The van der Waals surface area contributed by atoms with Crippen molar-refractivity contribution in [2.45, 2.75) is 18.2 Å². The number of benzene rings is 1. The molecular weight excluding hydrogens is 278 g/mol. The van der Waals surface area contributed by atoms with Crippen LogP contribution >= 0.6 is 23.2 Å². The van der Waals surface area contributed by atoms with E-state index < -0.39 is 18.2 Å². The minimum absolute atomic E-state index is 0.122. The van der Waals surface area contributed by atoms with Gasteiger partial charge in [0.15, 0.2) is 6.10 Å². The third-order valence-electron chi connectivity index (χ3n) is 2.34. The van der Waals surface area contributed by atoms with E-state index in [0.29, 0.717) is 0 Å². The molecule has 0 amide bonds. The van der Waals surface area contributed by atoms with E-state index in [0.717, 1.165) is 0 Å². The summed E-state index contributed by atoms with van der Waals surface area (Å²) in [5, 5.41) is 9.53. The van der Waals surface area contributed by atoms with Crippen LogP contribution in [0.3, 0.4) is 0 Å². The summed E-state index contributed by atoms with van der Waals surface area (Å²) < 4.78 is 37.2. The third-order valence-corrected chi connectivity index (χ3v) is 3.08. The van der Waals surface area contributed by atoms with E-state index in [4.69, 9.17) is 28.9 Å². The van der Waals surface area contributed by atoms with E-state index in [1.54, 1.807) is 0 Å². The lowest BCUT2D eigenvalue weighted by atomic mass is 9.93. The fourth-order valence-electron chi connectivity index (χ4n) is 1.42. The number of aliphatic hydroxyl groups is 1. The molecule has 1 aromatic carbocycles. The molecule has 2 unspecified atom stereocenters. The number of hydrogen-bond acceptors (Lipinski definition) is 2. The van der Waals surface area contributed by atoms with Crippen LogP contribution < -0.4 is 5.73 Å². The highest BCUT2D eigenvalue weighted by atomic mass is 35.5. The predicted octanol–water partition coefficient (Wildman–Crippen LogP) is 2.96. The Morgan fingerprint density at radius 3 is 2.24 bits per heavy atom. The highest BCUT2D eigenvalue weighted by Crippen LogP contribution is 2.33. The molecule has 2 nitrogen and oxygen atoms in total. The topological polar surface area (TPSA) is 46.2 Å². The Balaban J connectivity index is 3.05. The Morgan fingerprint density at radius 2 is 1.82 bits per heavy atom. The van der Waals surface area contributed by atoms with Crippen molar-refractivity contribution in [1.82, 2.24) is 0 Å². The molecule has 0 aliphatic rings. The zero-order chi connectivity index (χ0) is 13.2.